The molecule has 1 aliphatic heterocycles. The van der Waals surface area contributed by atoms with Crippen LogP contribution in [0, 0.1) is 12.8 Å². The SMILES string of the molecule is CCOc1ccccc1N1C[C@H](C(=O)NNC(=O)c2ccc(C)cc2)CC1=O. The molecule has 2 aromatic rings. The maximum atomic E-state index is 12.4. The molecule has 0 bridgehead atoms. The molecule has 28 heavy (non-hydrogen) atoms. The van der Waals surface area contributed by atoms with Crippen molar-refractivity contribution >= 4 is 23.4 Å². The average molecular weight is 381 g/mol. The highest BCUT2D eigenvalue weighted by Gasteiger charge is 2.36. The minimum atomic E-state index is -0.555. The second-order valence-corrected chi connectivity index (χ2v) is 6.62. The zero-order chi connectivity index (χ0) is 20.1. The largest absolute Gasteiger partial charge is 0.492 e. The lowest BCUT2D eigenvalue weighted by Crippen LogP contribution is -2.45. The van der Waals surface area contributed by atoms with Gasteiger partial charge in [0.1, 0.15) is 5.75 Å². The van der Waals surface area contributed by atoms with Crippen molar-refractivity contribution in [2.24, 2.45) is 5.92 Å². The van der Waals surface area contributed by atoms with Gasteiger partial charge in [0.2, 0.25) is 11.8 Å². The molecule has 1 heterocycles. The number of para-hydroxylation sites is 2. The van der Waals surface area contributed by atoms with Crippen LogP contribution in [-0.4, -0.2) is 30.9 Å². The first kappa shape index (κ1) is 19.4. The summed E-state index contributed by atoms with van der Waals surface area (Å²) in [5, 5.41) is 0. The van der Waals surface area contributed by atoms with Crippen LogP contribution in [0.3, 0.4) is 0 Å². The normalized spacial score (nSPS) is 16.0. The van der Waals surface area contributed by atoms with Crippen LogP contribution in [0.5, 0.6) is 5.75 Å². The van der Waals surface area contributed by atoms with Gasteiger partial charge in [-0.25, -0.2) is 0 Å². The quantitative estimate of drug-likeness (QED) is 0.778. The fourth-order valence-electron chi connectivity index (χ4n) is 3.07. The minimum absolute atomic E-state index is 0.0761. The fraction of sp³-hybridized carbons (Fsp3) is 0.286. The number of nitrogens with zero attached hydrogens (tertiary/aromatic N) is 1. The lowest BCUT2D eigenvalue weighted by atomic mass is 10.1. The van der Waals surface area contributed by atoms with E-state index in [4.69, 9.17) is 4.74 Å². The highest BCUT2D eigenvalue weighted by Crippen LogP contribution is 2.33. The van der Waals surface area contributed by atoms with E-state index in [0.717, 1.165) is 5.56 Å². The Morgan fingerprint density at radius 2 is 1.82 bits per heavy atom. The standard InChI is InChI=1S/C21H23N3O4/c1-3-28-18-7-5-4-6-17(18)24-13-16(12-19(24)25)21(27)23-22-20(26)15-10-8-14(2)9-11-15/h4-11,16H,3,12-13H2,1-2H3,(H,22,26)(H,23,27)/t16-/m1/s1. The Kier molecular flexibility index (Phi) is 5.93. The van der Waals surface area contributed by atoms with Gasteiger partial charge in [-0.1, -0.05) is 29.8 Å². The first-order chi connectivity index (χ1) is 13.5. The van der Waals surface area contributed by atoms with E-state index in [-0.39, 0.29) is 18.9 Å². The van der Waals surface area contributed by atoms with Crippen LogP contribution in [-0.2, 0) is 9.59 Å². The first-order valence-electron chi connectivity index (χ1n) is 9.18. The minimum Gasteiger partial charge on any atom is -0.492 e. The van der Waals surface area contributed by atoms with Crippen molar-refractivity contribution < 1.29 is 19.1 Å². The topological polar surface area (TPSA) is 87.7 Å². The monoisotopic (exact) mass is 381 g/mol. The van der Waals surface area contributed by atoms with E-state index < -0.39 is 17.7 Å². The molecule has 0 unspecified atom stereocenters. The second kappa shape index (κ2) is 8.56. The molecule has 7 heteroatoms. The molecule has 0 spiro atoms. The Hall–Kier alpha value is -3.35. The lowest BCUT2D eigenvalue weighted by molar-refractivity contribution is -0.126. The van der Waals surface area contributed by atoms with Gasteiger partial charge in [-0.15, -0.1) is 0 Å². The van der Waals surface area contributed by atoms with E-state index in [9.17, 15) is 14.4 Å². The van der Waals surface area contributed by atoms with Gasteiger partial charge < -0.3 is 9.64 Å². The summed E-state index contributed by atoms with van der Waals surface area (Å²) in [7, 11) is 0. The van der Waals surface area contributed by atoms with Gasteiger partial charge >= 0.3 is 0 Å². The van der Waals surface area contributed by atoms with Gasteiger partial charge in [-0.2, -0.15) is 0 Å². The smallest absolute Gasteiger partial charge is 0.269 e. The summed E-state index contributed by atoms with van der Waals surface area (Å²) in [5.74, 6) is -0.911. The molecule has 0 aromatic heterocycles. The van der Waals surface area contributed by atoms with Crippen molar-refractivity contribution in [3.05, 3.63) is 59.7 Å². The van der Waals surface area contributed by atoms with Gasteiger partial charge in [-0.3, -0.25) is 25.2 Å². The van der Waals surface area contributed by atoms with Crippen LogP contribution in [0.2, 0.25) is 0 Å². The second-order valence-electron chi connectivity index (χ2n) is 6.62. The van der Waals surface area contributed by atoms with Crippen LogP contribution in [0.15, 0.2) is 48.5 Å². The highest BCUT2D eigenvalue weighted by molar-refractivity contribution is 6.02. The molecule has 0 saturated carbocycles. The number of aryl methyl sites for hydroxylation is 1. The number of carbonyl (C=O) groups is 3. The van der Waals surface area contributed by atoms with Crippen LogP contribution in [0.25, 0.3) is 0 Å². The van der Waals surface area contributed by atoms with Gasteiger partial charge in [-0.05, 0) is 38.1 Å². The van der Waals surface area contributed by atoms with E-state index in [0.29, 0.717) is 23.6 Å². The predicted molar refractivity (Wildman–Crippen MR) is 105 cm³/mol. The molecule has 0 radical (unpaired) electrons. The van der Waals surface area contributed by atoms with E-state index in [1.165, 1.54) is 0 Å². The molecule has 0 aliphatic carbocycles. The van der Waals surface area contributed by atoms with Crippen molar-refractivity contribution in [1.82, 2.24) is 10.9 Å². The summed E-state index contributed by atoms with van der Waals surface area (Å²) in [6, 6.07) is 14.2. The zero-order valence-corrected chi connectivity index (χ0v) is 15.9. The summed E-state index contributed by atoms with van der Waals surface area (Å²) in [5.41, 5.74) is 6.96. The fourth-order valence-corrected chi connectivity index (χ4v) is 3.07. The Bertz CT molecular complexity index is 879. The Balaban J connectivity index is 1.61. The number of rotatable bonds is 5. The lowest BCUT2D eigenvalue weighted by Gasteiger charge is -2.20. The molecular formula is C21H23N3O4. The molecule has 146 valence electrons. The molecule has 7 nitrogen and oxygen atoms in total. The van der Waals surface area contributed by atoms with Gasteiger partial charge in [0, 0.05) is 18.5 Å². The molecule has 1 atom stereocenters. The molecule has 1 saturated heterocycles. The number of amides is 3. The third-order valence-electron chi connectivity index (χ3n) is 4.56. The van der Waals surface area contributed by atoms with Crippen LogP contribution in [0.4, 0.5) is 5.69 Å². The van der Waals surface area contributed by atoms with Crippen LogP contribution >= 0.6 is 0 Å². The number of ether oxygens (including phenoxy) is 1. The maximum Gasteiger partial charge on any atom is 0.269 e. The number of carbonyl (C=O) groups excluding carboxylic acids is 3. The van der Waals surface area contributed by atoms with E-state index in [2.05, 4.69) is 10.9 Å². The highest BCUT2D eigenvalue weighted by atomic mass is 16.5. The molecular weight excluding hydrogens is 358 g/mol. The average Bonchev–Trinajstić information content (AvgIpc) is 3.09. The maximum absolute atomic E-state index is 12.4. The number of nitrogens with one attached hydrogen (secondary N) is 2. The van der Waals surface area contributed by atoms with Gasteiger partial charge in [0.05, 0.1) is 18.2 Å². The van der Waals surface area contributed by atoms with Crippen molar-refractivity contribution in [3.8, 4) is 5.75 Å². The van der Waals surface area contributed by atoms with Crippen molar-refractivity contribution in [2.45, 2.75) is 20.3 Å². The number of hydrazine groups is 1. The number of hydrogen-bond donors (Lipinski definition) is 2. The zero-order valence-electron chi connectivity index (χ0n) is 15.9. The summed E-state index contributed by atoms with van der Waals surface area (Å²) in [6.07, 6.45) is 0.0761. The first-order valence-corrected chi connectivity index (χ1v) is 9.18. The van der Waals surface area contributed by atoms with Crippen molar-refractivity contribution in [1.29, 1.82) is 0 Å². The van der Waals surface area contributed by atoms with Gasteiger partial charge in [0.15, 0.2) is 0 Å². The molecule has 2 aromatic carbocycles. The van der Waals surface area contributed by atoms with Crippen LogP contribution in [0.1, 0.15) is 29.3 Å². The number of benzene rings is 2. The van der Waals surface area contributed by atoms with E-state index in [1.807, 2.05) is 38.1 Å². The summed E-state index contributed by atoms with van der Waals surface area (Å²) in [4.78, 5) is 38.5. The van der Waals surface area contributed by atoms with Crippen LogP contribution < -0.4 is 20.5 Å². The third kappa shape index (κ3) is 4.31. The van der Waals surface area contributed by atoms with Gasteiger partial charge in [0.25, 0.3) is 5.91 Å². The summed E-state index contributed by atoms with van der Waals surface area (Å²) >= 11 is 0. The Labute approximate surface area is 163 Å². The Morgan fingerprint density at radius 1 is 1.11 bits per heavy atom. The summed E-state index contributed by atoms with van der Waals surface area (Å²) in [6.45, 7) is 4.51. The number of anilines is 1. The Morgan fingerprint density at radius 3 is 2.54 bits per heavy atom. The van der Waals surface area contributed by atoms with Crippen molar-refractivity contribution in [3.63, 3.8) is 0 Å². The summed E-state index contributed by atoms with van der Waals surface area (Å²) < 4.78 is 5.58. The molecule has 1 fully saturated rings. The van der Waals surface area contributed by atoms with E-state index >= 15 is 0 Å². The molecule has 3 amide bonds. The third-order valence-corrected chi connectivity index (χ3v) is 4.56. The predicted octanol–water partition coefficient (Wildman–Crippen LogP) is 2.21. The number of hydrogen-bond acceptors (Lipinski definition) is 4. The molecule has 1 aliphatic rings. The van der Waals surface area contributed by atoms with Crippen molar-refractivity contribution in [2.75, 3.05) is 18.1 Å². The molecule has 3 rings (SSSR count). The van der Waals surface area contributed by atoms with E-state index in [1.54, 1.807) is 29.2 Å². The molecule has 2 N–H and O–H groups in total.